The lowest BCUT2D eigenvalue weighted by Crippen LogP contribution is -2.06. The monoisotopic (exact) mass is 232 g/mol. The van der Waals surface area contributed by atoms with E-state index >= 15 is 0 Å². The van der Waals surface area contributed by atoms with Crippen LogP contribution in [0, 0.1) is 5.82 Å². The molecule has 0 atom stereocenters. The molecular weight excluding hydrogens is 219 g/mol. The van der Waals surface area contributed by atoms with E-state index in [-0.39, 0.29) is 11.7 Å². The van der Waals surface area contributed by atoms with E-state index in [0.29, 0.717) is 5.56 Å². The van der Waals surface area contributed by atoms with E-state index in [0.717, 1.165) is 12.3 Å². The topological polar surface area (TPSA) is 43.4 Å². The second kappa shape index (κ2) is 4.18. The van der Waals surface area contributed by atoms with Crippen molar-refractivity contribution >= 4 is 10.1 Å². The van der Waals surface area contributed by atoms with Crippen LogP contribution >= 0.6 is 0 Å². The van der Waals surface area contributed by atoms with Gasteiger partial charge in [-0.25, -0.2) is 4.39 Å². The smallest absolute Gasteiger partial charge is 0.306 e. The fraction of sp³-hybridized carbons (Fsp3) is 0.400. The number of halogens is 1. The van der Waals surface area contributed by atoms with Crippen LogP contribution in [0.2, 0.25) is 0 Å². The van der Waals surface area contributed by atoms with Crippen molar-refractivity contribution < 1.29 is 17.0 Å². The van der Waals surface area contributed by atoms with E-state index in [9.17, 15) is 12.8 Å². The Labute approximate surface area is 89.0 Å². The van der Waals surface area contributed by atoms with Gasteiger partial charge in [-0.3, -0.25) is 0 Å². The minimum absolute atomic E-state index is 0.0150. The molecule has 0 bridgehead atoms. The second-order valence-electron chi connectivity index (χ2n) is 3.66. The van der Waals surface area contributed by atoms with Crippen molar-refractivity contribution in [1.29, 1.82) is 0 Å². The Morgan fingerprint density at radius 2 is 1.87 bits per heavy atom. The third-order valence-corrected chi connectivity index (χ3v) is 2.30. The molecule has 15 heavy (non-hydrogen) atoms. The fourth-order valence-electron chi connectivity index (χ4n) is 1.14. The minimum Gasteiger partial charge on any atom is -0.382 e. The number of rotatable bonds is 3. The Balaban J connectivity index is 3.10. The first-order valence-electron chi connectivity index (χ1n) is 4.48. The average molecular weight is 232 g/mol. The van der Waals surface area contributed by atoms with E-state index < -0.39 is 15.9 Å². The largest absolute Gasteiger partial charge is 0.382 e. The lowest BCUT2D eigenvalue weighted by molar-refractivity contribution is 0.489. The Morgan fingerprint density at radius 1 is 1.27 bits per heavy atom. The third kappa shape index (κ3) is 3.87. The summed E-state index contributed by atoms with van der Waals surface area (Å²) in [5.41, 5.74) is 0.702. The van der Waals surface area contributed by atoms with Crippen molar-refractivity contribution in [2.75, 3.05) is 6.26 Å². The summed E-state index contributed by atoms with van der Waals surface area (Å²) in [6.45, 7) is 3.78. The normalized spacial score (nSPS) is 11.8. The van der Waals surface area contributed by atoms with Gasteiger partial charge in [0.1, 0.15) is 11.6 Å². The Morgan fingerprint density at radius 3 is 2.33 bits per heavy atom. The van der Waals surface area contributed by atoms with Gasteiger partial charge in [0.05, 0.1) is 6.26 Å². The molecule has 3 nitrogen and oxygen atoms in total. The van der Waals surface area contributed by atoms with Gasteiger partial charge in [-0.1, -0.05) is 13.8 Å². The van der Waals surface area contributed by atoms with Gasteiger partial charge < -0.3 is 4.18 Å². The Kier molecular flexibility index (Phi) is 3.34. The minimum atomic E-state index is -3.60. The lowest BCUT2D eigenvalue weighted by Gasteiger charge is -2.08. The van der Waals surface area contributed by atoms with Gasteiger partial charge in [-0.15, -0.1) is 0 Å². The van der Waals surface area contributed by atoms with Crippen LogP contribution in [0.25, 0.3) is 0 Å². The van der Waals surface area contributed by atoms with Gasteiger partial charge in [-0.05, 0) is 23.6 Å². The van der Waals surface area contributed by atoms with Crippen molar-refractivity contribution in [3.8, 4) is 5.75 Å². The molecule has 0 aliphatic heterocycles. The van der Waals surface area contributed by atoms with E-state index in [2.05, 4.69) is 4.18 Å². The lowest BCUT2D eigenvalue weighted by atomic mass is 10.0. The third-order valence-electron chi connectivity index (χ3n) is 1.81. The molecule has 1 aromatic rings. The highest BCUT2D eigenvalue weighted by atomic mass is 32.2. The maximum atomic E-state index is 13.1. The van der Waals surface area contributed by atoms with Crippen LogP contribution in [0.5, 0.6) is 5.75 Å². The SMILES string of the molecule is CC(C)c1cc(F)cc(OS(C)(=O)=O)c1. The summed E-state index contributed by atoms with van der Waals surface area (Å²) in [5, 5.41) is 0. The molecule has 0 saturated carbocycles. The molecule has 0 heterocycles. The first-order valence-corrected chi connectivity index (χ1v) is 6.29. The van der Waals surface area contributed by atoms with Crippen LogP contribution in [0.1, 0.15) is 25.3 Å². The zero-order chi connectivity index (χ0) is 11.6. The Bertz CT molecular complexity index is 452. The predicted molar refractivity (Wildman–Crippen MR) is 56.0 cm³/mol. The van der Waals surface area contributed by atoms with Crippen molar-refractivity contribution in [3.63, 3.8) is 0 Å². The van der Waals surface area contributed by atoms with Gasteiger partial charge >= 0.3 is 10.1 Å². The van der Waals surface area contributed by atoms with E-state index in [1.807, 2.05) is 13.8 Å². The molecule has 0 aliphatic carbocycles. The standard InChI is InChI=1S/C10H13FO3S/c1-7(2)8-4-9(11)6-10(5-8)14-15(3,12)13/h4-7H,1-3H3. The van der Waals surface area contributed by atoms with Crippen molar-refractivity contribution in [3.05, 3.63) is 29.6 Å². The van der Waals surface area contributed by atoms with E-state index in [1.54, 1.807) is 0 Å². The summed E-state index contributed by atoms with van der Waals surface area (Å²) in [6, 6.07) is 3.93. The average Bonchev–Trinajstić information content (AvgIpc) is 1.99. The summed E-state index contributed by atoms with van der Waals surface area (Å²) >= 11 is 0. The molecule has 0 aliphatic rings. The van der Waals surface area contributed by atoms with Crippen molar-refractivity contribution in [2.24, 2.45) is 0 Å². The molecule has 0 spiro atoms. The zero-order valence-electron chi connectivity index (χ0n) is 8.82. The molecule has 0 unspecified atom stereocenters. The van der Waals surface area contributed by atoms with Gasteiger partial charge in [0.2, 0.25) is 0 Å². The van der Waals surface area contributed by atoms with Crippen molar-refractivity contribution in [1.82, 2.24) is 0 Å². The maximum Gasteiger partial charge on any atom is 0.306 e. The fourth-order valence-corrected chi connectivity index (χ4v) is 1.59. The maximum absolute atomic E-state index is 13.1. The molecule has 1 rings (SSSR count). The molecular formula is C10H13FO3S. The van der Waals surface area contributed by atoms with Crippen LogP contribution in [0.15, 0.2) is 18.2 Å². The van der Waals surface area contributed by atoms with E-state index in [4.69, 9.17) is 0 Å². The second-order valence-corrected chi connectivity index (χ2v) is 5.24. The number of hydrogen-bond donors (Lipinski definition) is 0. The molecule has 0 radical (unpaired) electrons. The van der Waals surface area contributed by atoms with E-state index in [1.165, 1.54) is 12.1 Å². The molecule has 0 saturated heterocycles. The first-order chi connectivity index (χ1) is 6.78. The van der Waals surface area contributed by atoms with Crippen LogP contribution in [0.3, 0.4) is 0 Å². The number of benzene rings is 1. The molecule has 84 valence electrons. The van der Waals surface area contributed by atoms with Gasteiger partial charge in [0, 0.05) is 6.07 Å². The zero-order valence-corrected chi connectivity index (χ0v) is 9.64. The van der Waals surface area contributed by atoms with Crippen LogP contribution in [0.4, 0.5) is 4.39 Å². The van der Waals surface area contributed by atoms with Crippen molar-refractivity contribution in [2.45, 2.75) is 19.8 Å². The van der Waals surface area contributed by atoms with Crippen LogP contribution < -0.4 is 4.18 Å². The molecule has 1 aromatic carbocycles. The van der Waals surface area contributed by atoms with Gasteiger partial charge in [-0.2, -0.15) is 8.42 Å². The van der Waals surface area contributed by atoms with Crippen LogP contribution in [-0.2, 0) is 10.1 Å². The summed E-state index contributed by atoms with van der Waals surface area (Å²) in [7, 11) is -3.60. The van der Waals surface area contributed by atoms with Crippen LogP contribution in [-0.4, -0.2) is 14.7 Å². The Hall–Kier alpha value is -1.10. The first kappa shape index (κ1) is 12.0. The molecule has 0 N–H and O–H groups in total. The molecule has 0 amide bonds. The highest BCUT2D eigenvalue weighted by Crippen LogP contribution is 2.23. The molecule has 0 aromatic heterocycles. The quantitative estimate of drug-likeness (QED) is 0.751. The summed E-state index contributed by atoms with van der Waals surface area (Å²) in [4.78, 5) is 0. The summed E-state index contributed by atoms with van der Waals surface area (Å²) in [6.07, 6.45) is 0.924. The summed E-state index contributed by atoms with van der Waals surface area (Å²) in [5.74, 6) is -0.372. The van der Waals surface area contributed by atoms with Gasteiger partial charge in [0.15, 0.2) is 0 Å². The predicted octanol–water partition coefficient (Wildman–Crippen LogP) is 2.29. The summed E-state index contributed by atoms with van der Waals surface area (Å²) < 4.78 is 39.4. The molecule has 0 fully saturated rings. The highest BCUT2D eigenvalue weighted by molar-refractivity contribution is 7.86. The number of hydrogen-bond acceptors (Lipinski definition) is 3. The molecule has 5 heteroatoms. The highest BCUT2D eigenvalue weighted by Gasteiger charge is 2.09. The van der Waals surface area contributed by atoms with Gasteiger partial charge in [0.25, 0.3) is 0 Å².